The maximum Gasteiger partial charge on any atom is 0.202 e. The molecule has 1 heterocycles. The number of fused-ring (bicyclic) bond motifs is 1. The van der Waals surface area contributed by atoms with Gasteiger partial charge in [0.2, 0.25) is 5.96 Å². The zero-order valence-electron chi connectivity index (χ0n) is 13.9. The number of anilines is 1. The molecule has 0 spiro atoms. The predicted octanol–water partition coefficient (Wildman–Crippen LogP) is 3.91. The minimum Gasteiger partial charge on any atom is -0.326 e. The van der Waals surface area contributed by atoms with Crippen LogP contribution in [0.3, 0.4) is 0 Å². The van der Waals surface area contributed by atoms with Gasteiger partial charge in [-0.05, 0) is 24.1 Å². The minimum atomic E-state index is 0.118. The Hall–Kier alpha value is -3.14. The number of rotatable bonds is 3. The quantitative estimate of drug-likeness (QED) is 0.897. The van der Waals surface area contributed by atoms with Crippen LogP contribution in [0, 0.1) is 0 Å². The molecule has 2 aromatic rings. The van der Waals surface area contributed by atoms with Crippen molar-refractivity contribution in [2.75, 3.05) is 5.32 Å². The smallest absolute Gasteiger partial charge is 0.202 e. The van der Waals surface area contributed by atoms with E-state index in [0.29, 0.717) is 6.54 Å². The first-order chi connectivity index (χ1) is 12.4. The number of benzene rings is 2. The third kappa shape index (κ3) is 3.69. The number of amidine groups is 1. The number of aliphatic imine (C=N–C) groups is 2. The van der Waals surface area contributed by atoms with Gasteiger partial charge in [0.05, 0.1) is 12.6 Å². The first-order valence-electron chi connectivity index (χ1n) is 8.51. The second-order valence-corrected chi connectivity index (χ2v) is 6.05. The van der Waals surface area contributed by atoms with E-state index in [4.69, 9.17) is 9.98 Å². The molecule has 25 heavy (non-hydrogen) atoms. The van der Waals surface area contributed by atoms with Gasteiger partial charge in [0.25, 0.3) is 0 Å². The topological polar surface area (TPSA) is 48.8 Å². The molecule has 0 bridgehead atoms. The second-order valence-electron chi connectivity index (χ2n) is 6.05. The summed E-state index contributed by atoms with van der Waals surface area (Å²) in [6, 6.07) is 20.5. The van der Waals surface area contributed by atoms with Crippen molar-refractivity contribution in [2.24, 2.45) is 9.98 Å². The zero-order chi connectivity index (χ0) is 16.9. The Labute approximate surface area is 147 Å². The van der Waals surface area contributed by atoms with Crippen molar-refractivity contribution >= 4 is 17.5 Å². The first kappa shape index (κ1) is 15.4. The van der Waals surface area contributed by atoms with Crippen LogP contribution in [-0.4, -0.2) is 17.8 Å². The Morgan fingerprint density at radius 3 is 2.60 bits per heavy atom. The molecule has 0 fully saturated rings. The van der Waals surface area contributed by atoms with E-state index in [1.54, 1.807) is 0 Å². The molecule has 0 aromatic heterocycles. The molecule has 2 aromatic carbocycles. The number of para-hydroxylation sites is 1. The molecule has 1 aliphatic carbocycles. The van der Waals surface area contributed by atoms with E-state index in [0.717, 1.165) is 29.5 Å². The van der Waals surface area contributed by atoms with Crippen LogP contribution < -0.4 is 10.6 Å². The highest BCUT2D eigenvalue weighted by Crippen LogP contribution is 2.21. The van der Waals surface area contributed by atoms with E-state index in [1.807, 2.05) is 48.5 Å². The summed E-state index contributed by atoms with van der Waals surface area (Å²) in [5.41, 5.74) is 3.35. The van der Waals surface area contributed by atoms with E-state index in [9.17, 15) is 0 Å². The molecule has 0 amide bonds. The SMILES string of the molecule is C1=CCC2N=C(Nc3ccccc3)NC(=NCc3ccccc3)C2=C1. The van der Waals surface area contributed by atoms with Crippen molar-refractivity contribution in [3.63, 3.8) is 0 Å². The van der Waals surface area contributed by atoms with Crippen LogP contribution in [0.15, 0.2) is 94.4 Å². The van der Waals surface area contributed by atoms with Crippen LogP contribution in [0.25, 0.3) is 0 Å². The van der Waals surface area contributed by atoms with Gasteiger partial charge < -0.3 is 10.6 Å². The van der Waals surface area contributed by atoms with Gasteiger partial charge in [0, 0.05) is 11.3 Å². The fourth-order valence-corrected chi connectivity index (χ4v) is 2.95. The monoisotopic (exact) mass is 328 g/mol. The summed E-state index contributed by atoms with van der Waals surface area (Å²) >= 11 is 0. The first-order valence-corrected chi connectivity index (χ1v) is 8.51. The summed E-state index contributed by atoms with van der Waals surface area (Å²) in [7, 11) is 0. The number of hydrogen-bond acceptors (Lipinski definition) is 3. The lowest BCUT2D eigenvalue weighted by atomic mass is 9.97. The van der Waals surface area contributed by atoms with Gasteiger partial charge in [0.15, 0.2) is 0 Å². The highest BCUT2D eigenvalue weighted by Gasteiger charge is 2.25. The van der Waals surface area contributed by atoms with Crippen molar-refractivity contribution in [3.05, 3.63) is 90.0 Å². The van der Waals surface area contributed by atoms with Gasteiger partial charge in [0.1, 0.15) is 5.84 Å². The molecule has 0 saturated carbocycles. The molecular formula is C21H20N4. The molecule has 4 nitrogen and oxygen atoms in total. The van der Waals surface area contributed by atoms with Crippen molar-refractivity contribution in [2.45, 2.75) is 19.0 Å². The van der Waals surface area contributed by atoms with Crippen LogP contribution in [0.5, 0.6) is 0 Å². The van der Waals surface area contributed by atoms with Crippen LogP contribution in [0.1, 0.15) is 12.0 Å². The average molecular weight is 328 g/mol. The molecule has 2 aliphatic rings. The lowest BCUT2D eigenvalue weighted by Gasteiger charge is -2.27. The largest absolute Gasteiger partial charge is 0.326 e. The molecule has 0 saturated heterocycles. The Bertz CT molecular complexity index is 848. The molecule has 124 valence electrons. The number of nitrogens with zero attached hydrogens (tertiary/aromatic N) is 2. The van der Waals surface area contributed by atoms with Crippen LogP contribution in [0.2, 0.25) is 0 Å². The molecule has 1 atom stereocenters. The van der Waals surface area contributed by atoms with Crippen molar-refractivity contribution in [3.8, 4) is 0 Å². The number of hydrogen-bond donors (Lipinski definition) is 2. The van der Waals surface area contributed by atoms with Crippen LogP contribution in [-0.2, 0) is 6.54 Å². The fourth-order valence-electron chi connectivity index (χ4n) is 2.95. The summed E-state index contributed by atoms with van der Waals surface area (Å²) in [5.74, 6) is 1.64. The molecule has 2 N–H and O–H groups in total. The molecule has 4 rings (SSSR count). The van der Waals surface area contributed by atoms with E-state index < -0.39 is 0 Å². The van der Waals surface area contributed by atoms with Gasteiger partial charge in [-0.25, -0.2) is 4.99 Å². The predicted molar refractivity (Wildman–Crippen MR) is 104 cm³/mol. The number of allylic oxidation sites excluding steroid dienone is 2. The third-order valence-corrected chi connectivity index (χ3v) is 4.22. The Kier molecular flexibility index (Phi) is 4.42. The maximum atomic E-state index is 4.81. The van der Waals surface area contributed by atoms with Crippen LogP contribution in [0.4, 0.5) is 5.69 Å². The van der Waals surface area contributed by atoms with Crippen molar-refractivity contribution < 1.29 is 0 Å². The average Bonchev–Trinajstić information content (AvgIpc) is 2.68. The Morgan fingerprint density at radius 1 is 1.04 bits per heavy atom. The van der Waals surface area contributed by atoms with E-state index in [-0.39, 0.29) is 6.04 Å². The molecule has 1 aliphatic heterocycles. The van der Waals surface area contributed by atoms with E-state index >= 15 is 0 Å². The Morgan fingerprint density at radius 2 is 1.80 bits per heavy atom. The third-order valence-electron chi connectivity index (χ3n) is 4.22. The number of nitrogens with one attached hydrogen (secondary N) is 2. The molecule has 1 unspecified atom stereocenters. The summed E-state index contributed by atoms with van der Waals surface area (Å²) in [6.45, 7) is 0.648. The molecule has 4 heteroatoms. The summed E-state index contributed by atoms with van der Waals surface area (Å²) < 4.78 is 0. The van der Waals surface area contributed by atoms with Crippen LogP contribution >= 0.6 is 0 Å². The van der Waals surface area contributed by atoms with Gasteiger partial charge in [-0.15, -0.1) is 0 Å². The van der Waals surface area contributed by atoms with E-state index in [1.165, 1.54) is 5.56 Å². The Balaban J connectivity index is 1.58. The lowest BCUT2D eigenvalue weighted by molar-refractivity contribution is 0.777. The second kappa shape index (κ2) is 7.18. The standard InChI is InChI=1S/C21H20N4/c1-3-9-16(10-4-1)15-22-20-18-13-7-8-14-19(18)24-21(25-20)23-17-11-5-2-6-12-17/h1-13,19H,14-15H2,(H2,22,23,24,25). The van der Waals surface area contributed by atoms with Crippen molar-refractivity contribution in [1.82, 2.24) is 5.32 Å². The van der Waals surface area contributed by atoms with E-state index in [2.05, 4.69) is 41.0 Å². The highest BCUT2D eigenvalue weighted by atomic mass is 15.2. The summed E-state index contributed by atoms with van der Waals surface area (Å²) in [4.78, 5) is 9.61. The van der Waals surface area contributed by atoms with Gasteiger partial charge >= 0.3 is 0 Å². The number of guanidine groups is 1. The zero-order valence-corrected chi connectivity index (χ0v) is 13.9. The van der Waals surface area contributed by atoms with Gasteiger partial charge in [-0.2, -0.15) is 0 Å². The normalized spacial score (nSPS) is 20.3. The minimum absolute atomic E-state index is 0.118. The lowest BCUT2D eigenvalue weighted by Crippen LogP contribution is -2.44. The maximum absolute atomic E-state index is 4.81. The van der Waals surface area contributed by atoms with Gasteiger partial charge in [-0.3, -0.25) is 4.99 Å². The fraction of sp³-hybridized carbons (Fsp3) is 0.143. The summed E-state index contributed by atoms with van der Waals surface area (Å²) in [5, 5.41) is 6.71. The van der Waals surface area contributed by atoms with Gasteiger partial charge in [-0.1, -0.05) is 66.8 Å². The summed E-state index contributed by atoms with van der Waals surface area (Å²) in [6.07, 6.45) is 7.24. The molecular weight excluding hydrogens is 308 g/mol. The molecule has 0 radical (unpaired) electrons. The highest BCUT2D eigenvalue weighted by molar-refractivity contribution is 6.15. The van der Waals surface area contributed by atoms with Crippen molar-refractivity contribution in [1.29, 1.82) is 0 Å².